The Labute approximate surface area is 182 Å². The summed E-state index contributed by atoms with van der Waals surface area (Å²) < 4.78 is 34.2. The Hall–Kier alpha value is -2.39. The van der Waals surface area contributed by atoms with Crippen molar-refractivity contribution in [1.82, 2.24) is 14.2 Å². The number of aromatic nitrogens is 1. The molecule has 0 unspecified atom stereocenters. The van der Waals surface area contributed by atoms with Gasteiger partial charge in [0.2, 0.25) is 15.9 Å². The van der Waals surface area contributed by atoms with Gasteiger partial charge in [-0.2, -0.15) is 4.31 Å². The standard InChI is InChI=1S/C22H29N3O5S/c1-24-19-10-9-18(14-20(19)30-22(24)27)31(28,29)25-13-5-8-17(15-25)21(26)23-12-11-16-6-3-2-4-7-16/h6,9-10,14,17H,2-5,7-8,11-13,15H2,1H3,(H,23,26)/t17-/m0/s1. The number of carbonyl (C=O) groups is 1. The third-order valence-corrected chi connectivity index (χ3v) is 8.15. The summed E-state index contributed by atoms with van der Waals surface area (Å²) in [6.45, 7) is 1.13. The number of piperidine rings is 1. The largest absolute Gasteiger partial charge is 0.419 e. The van der Waals surface area contributed by atoms with Gasteiger partial charge in [0, 0.05) is 32.7 Å². The monoisotopic (exact) mass is 447 g/mol. The van der Waals surface area contributed by atoms with E-state index in [1.54, 1.807) is 13.1 Å². The van der Waals surface area contributed by atoms with Crippen molar-refractivity contribution in [3.8, 4) is 0 Å². The van der Waals surface area contributed by atoms with Gasteiger partial charge in [0.15, 0.2) is 5.58 Å². The second kappa shape index (κ2) is 9.00. The predicted molar refractivity (Wildman–Crippen MR) is 117 cm³/mol. The maximum absolute atomic E-state index is 13.2. The molecule has 0 spiro atoms. The number of oxazole rings is 1. The molecule has 31 heavy (non-hydrogen) atoms. The van der Waals surface area contributed by atoms with Crippen LogP contribution in [0.25, 0.3) is 11.1 Å². The zero-order valence-corrected chi connectivity index (χ0v) is 18.6. The summed E-state index contributed by atoms with van der Waals surface area (Å²) in [5.41, 5.74) is 2.17. The van der Waals surface area contributed by atoms with E-state index >= 15 is 0 Å². The quantitative estimate of drug-likeness (QED) is 0.686. The molecule has 1 N–H and O–H groups in total. The number of hydrogen-bond donors (Lipinski definition) is 1. The fourth-order valence-electron chi connectivity index (χ4n) is 4.42. The van der Waals surface area contributed by atoms with E-state index in [4.69, 9.17) is 4.42 Å². The molecule has 2 heterocycles. The van der Waals surface area contributed by atoms with Gasteiger partial charge >= 0.3 is 5.76 Å². The number of rotatable bonds is 6. The van der Waals surface area contributed by atoms with Gasteiger partial charge in [-0.1, -0.05) is 11.6 Å². The number of amides is 1. The number of nitrogens with one attached hydrogen (secondary N) is 1. The number of allylic oxidation sites excluding steroid dienone is 1. The van der Waals surface area contributed by atoms with Gasteiger partial charge in [-0.05, 0) is 57.1 Å². The molecule has 0 bridgehead atoms. The molecule has 1 amide bonds. The van der Waals surface area contributed by atoms with Crippen molar-refractivity contribution in [2.24, 2.45) is 13.0 Å². The first kappa shape index (κ1) is 21.8. The van der Waals surface area contributed by atoms with Crippen molar-refractivity contribution in [2.45, 2.75) is 49.8 Å². The molecule has 1 aliphatic heterocycles. The van der Waals surface area contributed by atoms with E-state index in [1.165, 1.54) is 39.4 Å². The predicted octanol–water partition coefficient (Wildman–Crippen LogP) is 2.54. The van der Waals surface area contributed by atoms with E-state index in [0.717, 1.165) is 19.3 Å². The summed E-state index contributed by atoms with van der Waals surface area (Å²) in [6, 6.07) is 4.43. The van der Waals surface area contributed by atoms with E-state index in [2.05, 4.69) is 11.4 Å². The van der Waals surface area contributed by atoms with Crippen LogP contribution in [0.5, 0.6) is 0 Å². The first-order valence-electron chi connectivity index (χ1n) is 10.9. The number of aryl methyl sites for hydroxylation is 1. The summed E-state index contributed by atoms with van der Waals surface area (Å²) in [6.07, 6.45) is 9.13. The molecule has 1 aromatic heterocycles. The number of fused-ring (bicyclic) bond motifs is 1. The van der Waals surface area contributed by atoms with Crippen LogP contribution in [0.4, 0.5) is 0 Å². The van der Waals surface area contributed by atoms with Gasteiger partial charge in [0.25, 0.3) is 0 Å². The summed E-state index contributed by atoms with van der Waals surface area (Å²) in [7, 11) is -2.22. The summed E-state index contributed by atoms with van der Waals surface area (Å²) in [5.74, 6) is -0.980. The Kier molecular flexibility index (Phi) is 6.34. The molecule has 2 aromatic rings. The zero-order valence-electron chi connectivity index (χ0n) is 17.8. The zero-order chi connectivity index (χ0) is 22.0. The van der Waals surface area contributed by atoms with Crippen LogP contribution < -0.4 is 11.1 Å². The Balaban J connectivity index is 1.41. The molecule has 4 rings (SSSR count). The van der Waals surface area contributed by atoms with E-state index < -0.39 is 15.8 Å². The number of sulfonamides is 1. The minimum absolute atomic E-state index is 0.0691. The Morgan fingerprint density at radius 3 is 2.87 bits per heavy atom. The molecule has 9 heteroatoms. The van der Waals surface area contributed by atoms with Gasteiger partial charge < -0.3 is 9.73 Å². The molecular formula is C22H29N3O5S. The molecule has 0 saturated carbocycles. The molecule has 8 nitrogen and oxygen atoms in total. The first-order valence-corrected chi connectivity index (χ1v) is 12.4. The van der Waals surface area contributed by atoms with Crippen molar-refractivity contribution < 1.29 is 17.6 Å². The lowest BCUT2D eigenvalue weighted by Crippen LogP contribution is -2.45. The summed E-state index contributed by atoms with van der Waals surface area (Å²) in [4.78, 5) is 24.4. The van der Waals surface area contributed by atoms with Crippen LogP contribution in [0.15, 0.2) is 44.0 Å². The highest BCUT2D eigenvalue weighted by Crippen LogP contribution is 2.26. The van der Waals surface area contributed by atoms with Crippen LogP contribution in [-0.4, -0.2) is 42.8 Å². The molecule has 0 radical (unpaired) electrons. The molecule has 1 atom stereocenters. The van der Waals surface area contributed by atoms with E-state index in [-0.39, 0.29) is 28.8 Å². The lowest BCUT2D eigenvalue weighted by Gasteiger charge is -2.31. The van der Waals surface area contributed by atoms with Crippen LogP contribution in [0, 0.1) is 5.92 Å². The number of carbonyl (C=O) groups excluding carboxylic acids is 1. The van der Waals surface area contributed by atoms with Crippen LogP contribution in [-0.2, 0) is 21.9 Å². The second-order valence-corrected chi connectivity index (χ2v) is 10.3. The molecule has 1 saturated heterocycles. The van der Waals surface area contributed by atoms with Crippen molar-refractivity contribution in [1.29, 1.82) is 0 Å². The minimum Gasteiger partial charge on any atom is -0.408 e. The highest BCUT2D eigenvalue weighted by molar-refractivity contribution is 7.89. The van der Waals surface area contributed by atoms with Crippen molar-refractivity contribution >= 4 is 27.0 Å². The molecule has 1 aliphatic carbocycles. The van der Waals surface area contributed by atoms with Crippen LogP contribution >= 0.6 is 0 Å². The Bertz CT molecular complexity index is 1160. The van der Waals surface area contributed by atoms with Gasteiger partial charge in [-0.3, -0.25) is 9.36 Å². The highest BCUT2D eigenvalue weighted by Gasteiger charge is 2.33. The summed E-state index contributed by atoms with van der Waals surface area (Å²) >= 11 is 0. The third kappa shape index (κ3) is 4.62. The Morgan fingerprint density at radius 1 is 1.26 bits per heavy atom. The molecule has 1 fully saturated rings. The summed E-state index contributed by atoms with van der Waals surface area (Å²) in [5, 5.41) is 2.99. The molecule has 2 aliphatic rings. The van der Waals surface area contributed by atoms with E-state index in [9.17, 15) is 18.0 Å². The first-order chi connectivity index (χ1) is 14.9. The van der Waals surface area contributed by atoms with Crippen LogP contribution in [0.3, 0.4) is 0 Å². The van der Waals surface area contributed by atoms with Crippen molar-refractivity contribution in [2.75, 3.05) is 19.6 Å². The average molecular weight is 448 g/mol. The number of hydrogen-bond acceptors (Lipinski definition) is 5. The number of nitrogens with zero attached hydrogens (tertiary/aromatic N) is 2. The smallest absolute Gasteiger partial charge is 0.408 e. The normalized spacial score (nSPS) is 20.5. The maximum atomic E-state index is 13.2. The molecular weight excluding hydrogens is 418 g/mol. The van der Waals surface area contributed by atoms with Crippen molar-refractivity contribution in [3.63, 3.8) is 0 Å². The van der Waals surface area contributed by atoms with Gasteiger partial charge in [-0.25, -0.2) is 13.2 Å². The SMILES string of the molecule is Cn1c(=O)oc2cc(S(=O)(=O)N3CCC[C@H](C(=O)NCCC4=CCCCC4)C3)ccc21. The van der Waals surface area contributed by atoms with Crippen molar-refractivity contribution in [3.05, 3.63) is 40.4 Å². The van der Waals surface area contributed by atoms with Gasteiger partial charge in [-0.15, -0.1) is 0 Å². The maximum Gasteiger partial charge on any atom is 0.419 e. The van der Waals surface area contributed by atoms with E-state index in [1.807, 2.05) is 0 Å². The number of benzene rings is 1. The van der Waals surface area contributed by atoms with Crippen LogP contribution in [0.1, 0.15) is 44.9 Å². The minimum atomic E-state index is -3.79. The molecule has 1 aromatic carbocycles. The third-order valence-electron chi connectivity index (χ3n) is 6.29. The fourth-order valence-corrected chi connectivity index (χ4v) is 5.96. The lowest BCUT2D eigenvalue weighted by molar-refractivity contribution is -0.126. The highest BCUT2D eigenvalue weighted by atomic mass is 32.2. The van der Waals surface area contributed by atoms with Gasteiger partial charge in [0.1, 0.15) is 0 Å². The Morgan fingerprint density at radius 2 is 2.10 bits per heavy atom. The van der Waals surface area contributed by atoms with Gasteiger partial charge in [0.05, 0.1) is 16.3 Å². The van der Waals surface area contributed by atoms with E-state index in [0.29, 0.717) is 31.4 Å². The topological polar surface area (TPSA) is 102 Å². The lowest BCUT2D eigenvalue weighted by atomic mass is 9.96. The van der Waals surface area contributed by atoms with Crippen LogP contribution in [0.2, 0.25) is 0 Å². The fraction of sp³-hybridized carbons (Fsp3) is 0.545. The second-order valence-electron chi connectivity index (χ2n) is 8.41. The average Bonchev–Trinajstić information content (AvgIpc) is 3.07. The molecule has 168 valence electrons.